The van der Waals surface area contributed by atoms with E-state index in [2.05, 4.69) is 43.5 Å². The molecule has 1 amide bonds. The number of unbranched alkanes of at least 4 members (excludes halogenated alkanes) is 55. The SMILES string of the molecule is CCCCC/C=C\C/C=C\CCCCCCCCCC(=O)OCCCCCCCCCCCCCCCCCCCCCCCCCCCCCCCCCCCC(=O)NC(CO)C(O)CCCCCCCCCCCCCCCC. The van der Waals surface area contributed by atoms with Gasteiger partial charge in [0.2, 0.25) is 5.91 Å². The summed E-state index contributed by atoms with van der Waals surface area (Å²) in [5.41, 5.74) is 0. The normalized spacial score (nSPS) is 12.6. The molecule has 0 fully saturated rings. The van der Waals surface area contributed by atoms with Crippen LogP contribution in [0.4, 0.5) is 0 Å². The van der Waals surface area contributed by atoms with Crippen LogP contribution in [0.25, 0.3) is 0 Å². The molecule has 3 N–H and O–H groups in total. The summed E-state index contributed by atoms with van der Waals surface area (Å²) in [7, 11) is 0. The van der Waals surface area contributed by atoms with Gasteiger partial charge < -0.3 is 20.3 Å². The molecule has 6 heteroatoms. The van der Waals surface area contributed by atoms with Gasteiger partial charge in [0.05, 0.1) is 25.4 Å². The van der Waals surface area contributed by atoms with Crippen LogP contribution in [-0.2, 0) is 14.3 Å². The minimum absolute atomic E-state index is 0.0146. The first-order valence-corrected chi connectivity index (χ1v) is 37.1. The van der Waals surface area contributed by atoms with Gasteiger partial charge in [-0.1, -0.05) is 372 Å². The molecule has 0 aromatic rings. The monoisotopic (exact) mass is 1140 g/mol. The summed E-state index contributed by atoms with van der Waals surface area (Å²) in [5, 5.41) is 23.3. The molecule has 0 aliphatic carbocycles. The number of esters is 1. The highest BCUT2D eigenvalue weighted by atomic mass is 16.5. The van der Waals surface area contributed by atoms with Crippen molar-refractivity contribution < 1.29 is 24.5 Å². The number of ether oxygens (including phenoxy) is 1. The summed E-state index contributed by atoms with van der Waals surface area (Å²) in [6.07, 6.45) is 89.7. The van der Waals surface area contributed by atoms with E-state index in [1.165, 1.54) is 334 Å². The van der Waals surface area contributed by atoms with E-state index in [9.17, 15) is 19.8 Å². The van der Waals surface area contributed by atoms with E-state index >= 15 is 0 Å². The van der Waals surface area contributed by atoms with Gasteiger partial charge in [-0.3, -0.25) is 9.59 Å². The van der Waals surface area contributed by atoms with Crippen LogP contribution in [0, 0.1) is 0 Å². The minimum Gasteiger partial charge on any atom is -0.466 e. The molecule has 0 heterocycles. The summed E-state index contributed by atoms with van der Waals surface area (Å²) < 4.78 is 5.50. The standard InChI is InChI=1S/C75H145NO5/c1-3-5-7-9-11-13-15-17-19-37-41-45-49-53-57-61-65-69-75(80)81-70-66-62-58-54-50-46-42-39-36-34-32-30-28-26-24-22-20-21-23-25-27-29-31-33-35-38-40-44-48-52-56-60-64-68-74(79)76-72(71-77)73(78)67-63-59-55-51-47-43-18-16-14-12-10-8-6-4-2/h11,13,17,19,72-73,77-78H,3-10,12,14-16,18,20-71H2,1-2H3,(H,76,79)/b13-11-,19-17-. The molecular weight excluding hydrogens is 995 g/mol. The third kappa shape index (κ3) is 67.3. The predicted octanol–water partition coefficient (Wildman–Crippen LogP) is 24.1. The zero-order valence-corrected chi connectivity index (χ0v) is 55.0. The Labute approximate surface area is 507 Å². The van der Waals surface area contributed by atoms with Crippen LogP contribution in [0.3, 0.4) is 0 Å². The Hall–Kier alpha value is -1.66. The Balaban J connectivity index is 3.30. The fraction of sp³-hybridized carbons (Fsp3) is 0.920. The summed E-state index contributed by atoms with van der Waals surface area (Å²) in [5.74, 6) is -0.0127. The number of rotatable bonds is 70. The van der Waals surface area contributed by atoms with Crippen LogP contribution in [0.2, 0.25) is 0 Å². The van der Waals surface area contributed by atoms with E-state index in [4.69, 9.17) is 4.74 Å². The number of hydrogen-bond acceptors (Lipinski definition) is 5. The lowest BCUT2D eigenvalue weighted by Gasteiger charge is -2.22. The van der Waals surface area contributed by atoms with E-state index in [0.717, 1.165) is 51.4 Å². The average Bonchev–Trinajstić information content (AvgIpc) is 3.47. The fourth-order valence-corrected chi connectivity index (χ4v) is 11.9. The highest BCUT2D eigenvalue weighted by Crippen LogP contribution is 2.20. The van der Waals surface area contributed by atoms with E-state index in [0.29, 0.717) is 25.9 Å². The second-order valence-electron chi connectivity index (χ2n) is 25.6. The first-order valence-electron chi connectivity index (χ1n) is 37.1. The van der Waals surface area contributed by atoms with E-state index in [1.807, 2.05) is 0 Å². The quantitative estimate of drug-likeness (QED) is 0.0320. The van der Waals surface area contributed by atoms with Crippen molar-refractivity contribution in [1.29, 1.82) is 0 Å². The maximum atomic E-state index is 12.5. The fourth-order valence-electron chi connectivity index (χ4n) is 11.9. The molecule has 0 aliphatic rings. The van der Waals surface area contributed by atoms with Gasteiger partial charge in [-0.05, 0) is 57.8 Å². The molecule has 0 aromatic heterocycles. The van der Waals surface area contributed by atoms with Crippen LogP contribution in [-0.4, -0.2) is 47.4 Å². The van der Waals surface area contributed by atoms with Crippen molar-refractivity contribution in [3.63, 3.8) is 0 Å². The molecule has 0 radical (unpaired) electrons. The largest absolute Gasteiger partial charge is 0.466 e. The van der Waals surface area contributed by atoms with Gasteiger partial charge in [0.15, 0.2) is 0 Å². The van der Waals surface area contributed by atoms with Gasteiger partial charge in [-0.2, -0.15) is 0 Å². The molecule has 2 atom stereocenters. The Bertz CT molecular complexity index is 1270. The van der Waals surface area contributed by atoms with Crippen molar-refractivity contribution in [3.8, 4) is 0 Å². The third-order valence-electron chi connectivity index (χ3n) is 17.5. The highest BCUT2D eigenvalue weighted by Gasteiger charge is 2.20. The molecule has 2 unspecified atom stereocenters. The molecule has 0 aromatic carbocycles. The number of hydrogen-bond donors (Lipinski definition) is 3. The zero-order chi connectivity index (χ0) is 58.5. The van der Waals surface area contributed by atoms with Crippen molar-refractivity contribution in [3.05, 3.63) is 24.3 Å². The van der Waals surface area contributed by atoms with Gasteiger partial charge >= 0.3 is 5.97 Å². The smallest absolute Gasteiger partial charge is 0.305 e. The van der Waals surface area contributed by atoms with Gasteiger partial charge in [-0.25, -0.2) is 0 Å². The molecule has 480 valence electrons. The topological polar surface area (TPSA) is 95.9 Å². The molecule has 81 heavy (non-hydrogen) atoms. The number of amides is 1. The maximum Gasteiger partial charge on any atom is 0.305 e. The highest BCUT2D eigenvalue weighted by molar-refractivity contribution is 5.76. The molecular formula is C75H145NO5. The Morgan fingerprint density at radius 2 is 0.617 bits per heavy atom. The molecule has 6 nitrogen and oxygen atoms in total. The molecule has 0 aliphatic heterocycles. The second kappa shape index (κ2) is 70.8. The van der Waals surface area contributed by atoms with Gasteiger partial charge in [0.1, 0.15) is 0 Å². The number of aliphatic hydroxyl groups excluding tert-OH is 2. The van der Waals surface area contributed by atoms with Gasteiger partial charge in [0, 0.05) is 12.8 Å². The second-order valence-corrected chi connectivity index (χ2v) is 25.6. The van der Waals surface area contributed by atoms with Crippen molar-refractivity contribution >= 4 is 11.9 Å². The van der Waals surface area contributed by atoms with Crippen LogP contribution in [0.1, 0.15) is 418 Å². The predicted molar refractivity (Wildman–Crippen MR) is 356 cm³/mol. The van der Waals surface area contributed by atoms with Crippen molar-refractivity contribution in [2.24, 2.45) is 0 Å². The van der Waals surface area contributed by atoms with E-state index in [1.54, 1.807) is 0 Å². The van der Waals surface area contributed by atoms with Crippen molar-refractivity contribution in [1.82, 2.24) is 5.32 Å². The third-order valence-corrected chi connectivity index (χ3v) is 17.5. The molecule has 0 bridgehead atoms. The van der Waals surface area contributed by atoms with Crippen LogP contribution >= 0.6 is 0 Å². The summed E-state index contributed by atoms with van der Waals surface area (Å²) in [4.78, 5) is 24.6. The maximum absolute atomic E-state index is 12.5. The molecule has 0 saturated heterocycles. The number of carbonyl (C=O) groups excluding carboxylic acids is 2. The Morgan fingerprint density at radius 3 is 0.963 bits per heavy atom. The number of carbonyl (C=O) groups is 2. The Kier molecular flexibility index (Phi) is 69.4. The van der Waals surface area contributed by atoms with Crippen LogP contribution in [0.5, 0.6) is 0 Å². The van der Waals surface area contributed by atoms with Crippen LogP contribution < -0.4 is 5.32 Å². The zero-order valence-electron chi connectivity index (χ0n) is 55.0. The van der Waals surface area contributed by atoms with E-state index in [-0.39, 0.29) is 18.5 Å². The van der Waals surface area contributed by atoms with Crippen molar-refractivity contribution in [2.75, 3.05) is 13.2 Å². The number of aliphatic hydroxyl groups is 2. The summed E-state index contributed by atoms with van der Waals surface area (Å²) in [6, 6.07) is -0.537. The van der Waals surface area contributed by atoms with Crippen molar-refractivity contribution in [2.45, 2.75) is 431 Å². The van der Waals surface area contributed by atoms with Gasteiger partial charge in [0.25, 0.3) is 0 Å². The van der Waals surface area contributed by atoms with E-state index < -0.39 is 12.1 Å². The first kappa shape index (κ1) is 79.3. The average molecular weight is 1140 g/mol. The molecule has 0 saturated carbocycles. The molecule has 0 rings (SSSR count). The lowest BCUT2D eigenvalue weighted by Crippen LogP contribution is -2.45. The number of nitrogens with one attached hydrogen (secondary N) is 1. The molecule has 0 spiro atoms. The summed E-state index contributed by atoms with van der Waals surface area (Å²) >= 11 is 0. The lowest BCUT2D eigenvalue weighted by molar-refractivity contribution is -0.143. The number of allylic oxidation sites excluding steroid dienone is 4. The minimum atomic E-state index is -0.660. The van der Waals surface area contributed by atoms with Gasteiger partial charge in [-0.15, -0.1) is 0 Å². The first-order chi connectivity index (χ1) is 40.0. The summed E-state index contributed by atoms with van der Waals surface area (Å²) in [6.45, 7) is 4.96. The lowest BCUT2D eigenvalue weighted by atomic mass is 10.0. The van der Waals surface area contributed by atoms with Crippen LogP contribution in [0.15, 0.2) is 24.3 Å². The Morgan fingerprint density at radius 1 is 0.346 bits per heavy atom.